The lowest BCUT2D eigenvalue weighted by molar-refractivity contribution is -0.122. The van der Waals surface area contributed by atoms with Gasteiger partial charge in [-0.15, -0.1) is 0 Å². The van der Waals surface area contributed by atoms with Crippen LogP contribution < -0.4 is 4.74 Å². The summed E-state index contributed by atoms with van der Waals surface area (Å²) >= 11 is 0. The molecule has 8 heteroatoms. The molecule has 2 aromatic heterocycles. The van der Waals surface area contributed by atoms with Gasteiger partial charge in [0.15, 0.2) is 0 Å². The zero-order chi connectivity index (χ0) is 22.8. The molecule has 0 saturated carbocycles. The van der Waals surface area contributed by atoms with Gasteiger partial charge in [-0.25, -0.2) is 4.98 Å². The van der Waals surface area contributed by atoms with Gasteiger partial charge in [0.05, 0.1) is 38.0 Å². The van der Waals surface area contributed by atoms with Crippen LogP contribution in [-0.2, 0) is 16.1 Å². The number of aryl methyl sites for hydroxylation is 2. The van der Waals surface area contributed by atoms with Gasteiger partial charge in [-0.05, 0) is 37.6 Å². The number of hydrogen-bond donors (Lipinski definition) is 1. The molecule has 1 fully saturated rings. The number of morpholine rings is 1. The van der Waals surface area contributed by atoms with Crippen molar-refractivity contribution in [3.63, 3.8) is 0 Å². The number of carbonyl (C=O) groups is 1. The Hall–Kier alpha value is -3.23. The number of para-hydroxylation sites is 1. The van der Waals surface area contributed by atoms with E-state index in [1.807, 2.05) is 37.5 Å². The highest BCUT2D eigenvalue weighted by molar-refractivity contribution is 5.80. The van der Waals surface area contributed by atoms with Gasteiger partial charge in [-0.1, -0.05) is 18.2 Å². The molecular weight excluding hydrogens is 408 g/mol. The monoisotopic (exact) mass is 438 g/mol. The molecule has 3 aromatic rings. The predicted octanol–water partition coefficient (Wildman–Crippen LogP) is 3.35. The Labute approximate surface area is 188 Å². The van der Waals surface area contributed by atoms with Crippen LogP contribution in [0.4, 0.5) is 0 Å². The van der Waals surface area contributed by atoms with E-state index in [1.165, 1.54) is 0 Å². The summed E-state index contributed by atoms with van der Waals surface area (Å²) < 4.78 is 13.3. The van der Waals surface area contributed by atoms with Gasteiger partial charge >= 0.3 is 0 Å². The summed E-state index contributed by atoms with van der Waals surface area (Å²) in [6.45, 7) is 7.43. The van der Waals surface area contributed by atoms with E-state index in [0.29, 0.717) is 0 Å². The van der Waals surface area contributed by atoms with E-state index in [4.69, 9.17) is 29.3 Å². The SMILES string of the molecule is COc1ccccc1-c1ncn(CCCN2CCOCC2)c1-c1cccc(C)n1.O=CO. The Bertz CT molecular complexity index is 999. The normalized spacial score (nSPS) is 13.8. The van der Waals surface area contributed by atoms with E-state index in [9.17, 15) is 0 Å². The van der Waals surface area contributed by atoms with Crippen LogP contribution in [0.1, 0.15) is 12.1 Å². The minimum absolute atomic E-state index is 0.250. The number of imidazole rings is 1. The lowest BCUT2D eigenvalue weighted by atomic mass is 10.1. The van der Waals surface area contributed by atoms with Crippen LogP contribution in [0.15, 0.2) is 48.8 Å². The summed E-state index contributed by atoms with van der Waals surface area (Å²) in [4.78, 5) is 20.4. The number of nitrogens with zero attached hydrogens (tertiary/aromatic N) is 4. The fourth-order valence-electron chi connectivity index (χ4n) is 3.82. The molecule has 1 aliphatic rings. The molecule has 0 radical (unpaired) electrons. The van der Waals surface area contributed by atoms with Crippen LogP contribution in [0, 0.1) is 6.92 Å². The van der Waals surface area contributed by atoms with Crippen molar-refractivity contribution in [2.24, 2.45) is 0 Å². The maximum Gasteiger partial charge on any atom is 0.290 e. The minimum atomic E-state index is -0.250. The van der Waals surface area contributed by atoms with Crippen LogP contribution in [-0.4, -0.2) is 71.0 Å². The van der Waals surface area contributed by atoms with E-state index in [1.54, 1.807) is 7.11 Å². The molecule has 0 atom stereocenters. The van der Waals surface area contributed by atoms with Crippen molar-refractivity contribution in [3.8, 4) is 28.4 Å². The molecule has 4 rings (SSSR count). The second-order valence-electron chi connectivity index (χ2n) is 7.41. The van der Waals surface area contributed by atoms with E-state index in [2.05, 4.69) is 27.7 Å². The molecule has 1 saturated heterocycles. The maximum absolute atomic E-state index is 8.36. The lowest BCUT2D eigenvalue weighted by Gasteiger charge is -2.26. The molecule has 0 unspecified atom stereocenters. The highest BCUT2D eigenvalue weighted by atomic mass is 16.5. The Balaban J connectivity index is 0.000000913. The van der Waals surface area contributed by atoms with Gasteiger partial charge in [0.25, 0.3) is 6.47 Å². The zero-order valence-electron chi connectivity index (χ0n) is 18.6. The molecular formula is C24H30N4O4. The molecule has 0 spiro atoms. The van der Waals surface area contributed by atoms with E-state index in [0.717, 1.165) is 79.9 Å². The smallest absolute Gasteiger partial charge is 0.290 e. The van der Waals surface area contributed by atoms with Gasteiger partial charge in [0.2, 0.25) is 0 Å². The highest BCUT2D eigenvalue weighted by Crippen LogP contribution is 2.35. The standard InChI is InChI=1S/C23H28N4O2.CH2O2/c1-18-7-5-9-20(25-18)23-22(19-8-3-4-10-21(19)28-2)24-17-27(23)12-6-11-26-13-15-29-16-14-26;2-1-3/h3-5,7-10,17H,6,11-16H2,1-2H3;1H,(H,2,3). The van der Waals surface area contributed by atoms with E-state index >= 15 is 0 Å². The number of rotatable bonds is 7. The largest absolute Gasteiger partial charge is 0.496 e. The lowest BCUT2D eigenvalue weighted by Crippen LogP contribution is -2.37. The van der Waals surface area contributed by atoms with Crippen molar-refractivity contribution in [1.82, 2.24) is 19.4 Å². The summed E-state index contributed by atoms with van der Waals surface area (Å²) in [6.07, 6.45) is 2.99. The van der Waals surface area contributed by atoms with Gasteiger partial charge in [0, 0.05) is 37.4 Å². The van der Waals surface area contributed by atoms with Gasteiger partial charge in [-0.2, -0.15) is 0 Å². The average Bonchev–Trinajstić information content (AvgIpc) is 3.24. The third kappa shape index (κ3) is 5.93. The van der Waals surface area contributed by atoms with Crippen molar-refractivity contribution >= 4 is 6.47 Å². The first-order valence-electron chi connectivity index (χ1n) is 10.7. The van der Waals surface area contributed by atoms with Crippen molar-refractivity contribution < 1.29 is 19.4 Å². The molecule has 1 N–H and O–H groups in total. The van der Waals surface area contributed by atoms with Crippen LogP contribution in [0.3, 0.4) is 0 Å². The highest BCUT2D eigenvalue weighted by Gasteiger charge is 2.19. The fourth-order valence-corrected chi connectivity index (χ4v) is 3.82. The van der Waals surface area contributed by atoms with Crippen LogP contribution in [0.2, 0.25) is 0 Å². The number of pyridine rings is 1. The summed E-state index contributed by atoms with van der Waals surface area (Å²) in [7, 11) is 1.70. The van der Waals surface area contributed by atoms with Gasteiger partial charge < -0.3 is 19.1 Å². The Kier molecular flexibility index (Phi) is 8.77. The molecule has 1 aliphatic heterocycles. The van der Waals surface area contributed by atoms with Crippen molar-refractivity contribution in [2.75, 3.05) is 40.0 Å². The summed E-state index contributed by atoms with van der Waals surface area (Å²) in [5.74, 6) is 0.819. The van der Waals surface area contributed by atoms with Crippen LogP contribution >= 0.6 is 0 Å². The van der Waals surface area contributed by atoms with Crippen molar-refractivity contribution in [1.29, 1.82) is 0 Å². The number of ether oxygens (including phenoxy) is 2. The van der Waals surface area contributed by atoms with Gasteiger partial charge in [0.1, 0.15) is 11.4 Å². The number of hydrogen-bond acceptors (Lipinski definition) is 6. The third-order valence-electron chi connectivity index (χ3n) is 5.31. The summed E-state index contributed by atoms with van der Waals surface area (Å²) in [6, 6.07) is 14.1. The Morgan fingerprint density at radius 1 is 1.12 bits per heavy atom. The van der Waals surface area contributed by atoms with Crippen molar-refractivity contribution in [3.05, 3.63) is 54.5 Å². The first-order chi connectivity index (χ1) is 15.7. The third-order valence-corrected chi connectivity index (χ3v) is 5.31. The Morgan fingerprint density at radius 3 is 2.59 bits per heavy atom. The Morgan fingerprint density at radius 2 is 1.88 bits per heavy atom. The summed E-state index contributed by atoms with van der Waals surface area (Å²) in [5.41, 5.74) is 4.87. The molecule has 170 valence electrons. The number of methoxy groups -OCH3 is 1. The fraction of sp³-hybridized carbons (Fsp3) is 0.375. The average molecular weight is 439 g/mol. The maximum atomic E-state index is 8.36. The second-order valence-corrected chi connectivity index (χ2v) is 7.41. The molecule has 32 heavy (non-hydrogen) atoms. The first-order valence-corrected chi connectivity index (χ1v) is 10.7. The molecule has 0 bridgehead atoms. The summed E-state index contributed by atoms with van der Waals surface area (Å²) in [5, 5.41) is 6.89. The quantitative estimate of drug-likeness (QED) is 0.566. The molecule has 3 heterocycles. The second kappa shape index (κ2) is 12.0. The van der Waals surface area contributed by atoms with Crippen LogP contribution in [0.5, 0.6) is 5.75 Å². The molecule has 0 amide bonds. The van der Waals surface area contributed by atoms with Crippen LogP contribution in [0.25, 0.3) is 22.6 Å². The van der Waals surface area contributed by atoms with E-state index < -0.39 is 0 Å². The zero-order valence-corrected chi connectivity index (χ0v) is 18.6. The number of benzene rings is 1. The molecule has 1 aromatic carbocycles. The number of carboxylic acid groups (broad SMARTS) is 1. The molecule has 0 aliphatic carbocycles. The van der Waals surface area contributed by atoms with E-state index in [-0.39, 0.29) is 6.47 Å². The molecule has 8 nitrogen and oxygen atoms in total. The topological polar surface area (TPSA) is 89.7 Å². The minimum Gasteiger partial charge on any atom is -0.496 e. The number of aromatic nitrogens is 3. The van der Waals surface area contributed by atoms with Crippen molar-refractivity contribution in [2.45, 2.75) is 19.9 Å². The van der Waals surface area contributed by atoms with Gasteiger partial charge in [-0.3, -0.25) is 14.7 Å². The predicted molar refractivity (Wildman–Crippen MR) is 123 cm³/mol. The first kappa shape index (κ1) is 23.4.